The van der Waals surface area contributed by atoms with Gasteiger partial charge in [-0.2, -0.15) is 0 Å². The second-order valence-corrected chi connectivity index (χ2v) is 17.1. The normalized spacial score (nSPS) is 20.2. The molecule has 2 atom stereocenters. The fourth-order valence-corrected chi connectivity index (χ4v) is 11.0. The summed E-state index contributed by atoms with van der Waals surface area (Å²) in [4.78, 5) is 63.3. The van der Waals surface area contributed by atoms with Crippen LogP contribution in [0, 0.1) is 0 Å². The predicted octanol–water partition coefficient (Wildman–Crippen LogP) is 5.55. The molecule has 0 radical (unpaired) electrons. The van der Waals surface area contributed by atoms with Gasteiger partial charge < -0.3 is 28.8 Å². The quantitative estimate of drug-likeness (QED) is 0.118. The molecule has 282 valence electrons. The lowest BCUT2D eigenvalue weighted by Gasteiger charge is -2.31. The van der Waals surface area contributed by atoms with Crippen LogP contribution in [0.3, 0.4) is 0 Å². The molecule has 0 saturated heterocycles. The third kappa shape index (κ3) is 4.82. The first-order chi connectivity index (χ1) is 27.1. The number of pyridine rings is 4. The SMILES string of the molecule is CC[C@@]1(O)C(=O)OCc2c1cc1n(c2=O)Cc2c-1nc1ccccc1c2CSSCc1c2c(nc3ccccc13)-c1cc3c(c(=O)n1C2)COC(=O)[C@]3(O)CC. The van der Waals surface area contributed by atoms with Gasteiger partial charge in [0.1, 0.15) is 13.2 Å². The summed E-state index contributed by atoms with van der Waals surface area (Å²) in [6.07, 6.45) is 0.135. The second kappa shape index (κ2) is 12.6. The number of aliphatic hydroxyl groups is 2. The number of hydrogen-bond acceptors (Lipinski definition) is 12. The van der Waals surface area contributed by atoms with E-state index in [0.717, 1.165) is 44.1 Å². The molecule has 2 aromatic carbocycles. The van der Waals surface area contributed by atoms with E-state index in [1.807, 2.05) is 48.5 Å². The molecule has 0 bridgehead atoms. The van der Waals surface area contributed by atoms with Gasteiger partial charge in [-0.25, -0.2) is 19.6 Å². The average molecular weight is 787 g/mol. The average Bonchev–Trinajstić information content (AvgIpc) is 3.77. The van der Waals surface area contributed by atoms with Crippen LogP contribution in [-0.4, -0.2) is 41.3 Å². The van der Waals surface area contributed by atoms with E-state index in [2.05, 4.69) is 0 Å². The molecule has 4 aromatic heterocycles. The molecule has 0 unspecified atom stereocenters. The summed E-state index contributed by atoms with van der Waals surface area (Å²) in [7, 11) is 3.36. The van der Waals surface area contributed by atoms with Crippen LogP contribution in [0.25, 0.3) is 44.6 Å². The van der Waals surface area contributed by atoms with Crippen molar-refractivity contribution in [2.24, 2.45) is 0 Å². The minimum absolute atomic E-state index is 0.0674. The monoisotopic (exact) mass is 786 g/mol. The van der Waals surface area contributed by atoms with E-state index in [0.29, 0.717) is 47.4 Å². The minimum atomic E-state index is -1.91. The van der Waals surface area contributed by atoms with Gasteiger partial charge in [0.05, 0.1) is 58.0 Å². The third-order valence-corrected chi connectivity index (χ3v) is 14.1. The summed E-state index contributed by atoms with van der Waals surface area (Å²) in [5, 5.41) is 24.7. The summed E-state index contributed by atoms with van der Waals surface area (Å²) in [5.74, 6) is -0.318. The molecule has 10 rings (SSSR count). The smallest absolute Gasteiger partial charge is 0.343 e. The van der Waals surface area contributed by atoms with Crippen LogP contribution < -0.4 is 11.1 Å². The highest BCUT2D eigenvalue weighted by molar-refractivity contribution is 8.76. The van der Waals surface area contributed by atoms with Crippen molar-refractivity contribution in [2.75, 3.05) is 0 Å². The van der Waals surface area contributed by atoms with Crippen molar-refractivity contribution in [3.63, 3.8) is 0 Å². The van der Waals surface area contributed by atoms with Crippen LogP contribution in [0.15, 0.2) is 70.3 Å². The van der Waals surface area contributed by atoms with Gasteiger partial charge in [-0.15, -0.1) is 0 Å². The molecule has 12 nitrogen and oxygen atoms in total. The molecule has 4 aliphatic rings. The van der Waals surface area contributed by atoms with Gasteiger partial charge in [-0.1, -0.05) is 71.8 Å². The van der Waals surface area contributed by atoms with Crippen LogP contribution in [0.2, 0.25) is 0 Å². The fraction of sp³-hybridized carbons (Fsp3) is 0.286. The third-order valence-electron chi connectivity index (χ3n) is 11.9. The zero-order valence-electron chi connectivity index (χ0n) is 30.4. The number of benzene rings is 2. The van der Waals surface area contributed by atoms with Gasteiger partial charge in [0, 0.05) is 44.5 Å². The molecular formula is C42H34N4O8S2. The van der Waals surface area contributed by atoms with Crippen LogP contribution >= 0.6 is 21.6 Å². The van der Waals surface area contributed by atoms with Gasteiger partial charge in [-0.05, 0) is 48.2 Å². The van der Waals surface area contributed by atoms with Crippen molar-refractivity contribution in [1.82, 2.24) is 19.1 Å². The first-order valence-corrected chi connectivity index (χ1v) is 21.0. The number of ether oxygens (including phenoxy) is 2. The molecule has 0 saturated carbocycles. The Morgan fingerprint density at radius 1 is 0.643 bits per heavy atom. The lowest BCUT2D eigenvalue weighted by molar-refractivity contribution is -0.172. The van der Waals surface area contributed by atoms with E-state index in [1.54, 1.807) is 56.7 Å². The van der Waals surface area contributed by atoms with Crippen LogP contribution in [0.4, 0.5) is 0 Å². The van der Waals surface area contributed by atoms with Crippen molar-refractivity contribution >= 4 is 55.3 Å². The molecule has 8 heterocycles. The molecule has 56 heavy (non-hydrogen) atoms. The first kappa shape index (κ1) is 35.2. The highest BCUT2D eigenvalue weighted by atomic mass is 33.1. The zero-order valence-corrected chi connectivity index (χ0v) is 32.0. The Hall–Kier alpha value is -5.28. The van der Waals surface area contributed by atoms with Gasteiger partial charge in [0.25, 0.3) is 11.1 Å². The van der Waals surface area contributed by atoms with Gasteiger partial charge >= 0.3 is 11.9 Å². The number of aromatic nitrogens is 4. The van der Waals surface area contributed by atoms with E-state index >= 15 is 0 Å². The van der Waals surface area contributed by atoms with Crippen molar-refractivity contribution in [3.8, 4) is 22.8 Å². The Labute approximate surface area is 326 Å². The van der Waals surface area contributed by atoms with Gasteiger partial charge in [-0.3, -0.25) is 9.59 Å². The van der Waals surface area contributed by atoms with Crippen molar-refractivity contribution < 1.29 is 29.3 Å². The maximum Gasteiger partial charge on any atom is 0.343 e. The Morgan fingerprint density at radius 3 is 1.46 bits per heavy atom. The van der Waals surface area contributed by atoms with E-state index in [-0.39, 0.29) is 59.4 Å². The molecule has 0 amide bonds. The minimum Gasteiger partial charge on any atom is -0.458 e. The van der Waals surface area contributed by atoms with Crippen LogP contribution in [0.5, 0.6) is 0 Å². The summed E-state index contributed by atoms with van der Waals surface area (Å²) < 4.78 is 13.9. The zero-order chi connectivity index (χ0) is 38.7. The highest BCUT2D eigenvalue weighted by Gasteiger charge is 2.47. The largest absolute Gasteiger partial charge is 0.458 e. The maximum absolute atomic E-state index is 13.9. The Balaban J connectivity index is 1.00. The summed E-state index contributed by atoms with van der Waals surface area (Å²) >= 11 is 0. The Morgan fingerprint density at radius 2 is 1.05 bits per heavy atom. The van der Waals surface area contributed by atoms with Crippen LogP contribution in [-0.2, 0) is 68.1 Å². The second-order valence-electron chi connectivity index (χ2n) is 14.6. The van der Waals surface area contributed by atoms with Crippen LogP contribution in [0.1, 0.15) is 71.2 Å². The van der Waals surface area contributed by atoms with E-state index in [1.165, 1.54) is 0 Å². The van der Waals surface area contributed by atoms with Gasteiger partial charge in [0.15, 0.2) is 11.2 Å². The van der Waals surface area contributed by atoms with Crippen molar-refractivity contribution in [1.29, 1.82) is 0 Å². The summed E-state index contributed by atoms with van der Waals surface area (Å²) in [6, 6.07) is 19.3. The molecule has 0 fully saturated rings. The number of nitrogens with zero attached hydrogens (tertiary/aromatic N) is 4. The topological polar surface area (TPSA) is 163 Å². The number of carbonyl (C=O) groups excluding carboxylic acids is 2. The molecular weight excluding hydrogens is 753 g/mol. The van der Waals surface area contributed by atoms with E-state index < -0.39 is 23.1 Å². The fourth-order valence-electron chi connectivity index (χ4n) is 8.76. The van der Waals surface area contributed by atoms with Crippen molar-refractivity contribution in [3.05, 3.63) is 126 Å². The van der Waals surface area contributed by atoms with Crippen molar-refractivity contribution in [2.45, 2.75) is 75.7 Å². The van der Waals surface area contributed by atoms with E-state index in [4.69, 9.17) is 19.4 Å². The predicted molar refractivity (Wildman–Crippen MR) is 212 cm³/mol. The molecule has 0 aliphatic carbocycles. The number of esters is 2. The number of cyclic esters (lactones) is 2. The molecule has 14 heteroatoms. The number of fused-ring (bicyclic) bond motifs is 10. The summed E-state index contributed by atoms with van der Waals surface area (Å²) in [5.41, 5.74) is 4.68. The molecule has 0 spiro atoms. The van der Waals surface area contributed by atoms with Gasteiger partial charge in [0.2, 0.25) is 0 Å². The molecule has 6 aromatic rings. The lowest BCUT2D eigenvalue weighted by atomic mass is 9.86. The standard InChI is InChI=1S/C42H34N4O8S2/c1-3-41(51)29-13-33-35-23(15-45(33)37(47)25(29)17-53-39(41)49)27(21-9-5-7-11-31(21)43-35)19-55-56-20-28-22-10-6-8-12-32(22)44-36-24(28)16-46-34(36)14-30-26(38(46)48)18-54-40(50)42(30,52)4-2/h5-14,51-52H,3-4,15-20H2,1-2H3/t41-,42-/m0/s1. The number of carbonyl (C=O) groups is 2. The molecule has 4 aliphatic heterocycles. The Kier molecular flexibility index (Phi) is 7.92. The maximum atomic E-state index is 13.9. The van der Waals surface area contributed by atoms with E-state index in [9.17, 15) is 29.4 Å². The molecule has 2 N–H and O–H groups in total. The number of rotatable bonds is 7. The number of para-hydroxylation sites is 2. The highest BCUT2D eigenvalue weighted by Crippen LogP contribution is 2.45. The Bertz CT molecular complexity index is 2690. The first-order valence-electron chi connectivity index (χ1n) is 18.5. The summed E-state index contributed by atoms with van der Waals surface area (Å²) in [6.45, 7) is 3.60. The lowest BCUT2D eigenvalue weighted by Crippen LogP contribution is -2.44. The number of hydrogen-bond donors (Lipinski definition) is 2.